The van der Waals surface area contributed by atoms with Crippen molar-refractivity contribution >= 4 is 5.78 Å². The van der Waals surface area contributed by atoms with Gasteiger partial charge in [0.15, 0.2) is 5.78 Å². The summed E-state index contributed by atoms with van der Waals surface area (Å²) in [7, 11) is 1.86. The van der Waals surface area contributed by atoms with E-state index in [1.54, 1.807) is 10.9 Å². The second-order valence-corrected chi connectivity index (χ2v) is 4.38. The van der Waals surface area contributed by atoms with Gasteiger partial charge in [0.05, 0.1) is 12.2 Å². The number of ketones is 1. The Kier molecular flexibility index (Phi) is 3.89. The Hall–Kier alpha value is -1.94. The molecule has 0 aliphatic rings. The normalized spacial score (nSPS) is 12.3. The highest BCUT2D eigenvalue weighted by molar-refractivity contribution is 5.85. The largest absolute Gasteiger partial charge is 0.318 e. The van der Waals surface area contributed by atoms with Crippen LogP contribution >= 0.6 is 0 Å². The lowest BCUT2D eigenvalue weighted by atomic mass is 9.99. The van der Waals surface area contributed by atoms with Crippen molar-refractivity contribution in [3.8, 4) is 0 Å². The fourth-order valence-corrected chi connectivity index (χ4v) is 1.87. The molecule has 0 bridgehead atoms. The molecule has 0 spiro atoms. The number of hydrogen-bond acceptors (Lipinski definition) is 3. The van der Waals surface area contributed by atoms with Crippen LogP contribution in [-0.4, -0.2) is 15.6 Å². The van der Waals surface area contributed by atoms with Crippen LogP contribution in [0, 0.1) is 0 Å². The van der Waals surface area contributed by atoms with E-state index in [4.69, 9.17) is 5.73 Å². The minimum Gasteiger partial charge on any atom is -0.318 e. The fraction of sp³-hybridized carbons (Fsp3) is 0.286. The van der Waals surface area contributed by atoms with Crippen LogP contribution in [-0.2, 0) is 18.3 Å². The van der Waals surface area contributed by atoms with Gasteiger partial charge in [0.2, 0.25) is 0 Å². The molecule has 0 saturated heterocycles. The minimum atomic E-state index is -0.525. The highest BCUT2D eigenvalue weighted by atomic mass is 16.1. The first kappa shape index (κ1) is 12.5. The van der Waals surface area contributed by atoms with E-state index in [0.717, 1.165) is 11.1 Å². The zero-order valence-corrected chi connectivity index (χ0v) is 10.4. The molecule has 18 heavy (non-hydrogen) atoms. The van der Waals surface area contributed by atoms with E-state index in [2.05, 4.69) is 5.10 Å². The molecule has 4 heteroatoms. The summed E-state index contributed by atoms with van der Waals surface area (Å²) in [5, 5.41) is 4.07. The topological polar surface area (TPSA) is 60.9 Å². The van der Waals surface area contributed by atoms with E-state index < -0.39 is 6.04 Å². The summed E-state index contributed by atoms with van der Waals surface area (Å²) in [6, 6.07) is 8.94. The smallest absolute Gasteiger partial charge is 0.154 e. The van der Waals surface area contributed by atoms with Crippen molar-refractivity contribution in [1.82, 2.24) is 9.78 Å². The lowest BCUT2D eigenvalue weighted by Crippen LogP contribution is -2.21. The first-order valence-corrected chi connectivity index (χ1v) is 5.97. The Morgan fingerprint density at radius 2 is 2.11 bits per heavy atom. The molecule has 0 fully saturated rings. The summed E-state index contributed by atoms with van der Waals surface area (Å²) in [6.07, 6.45) is 4.83. The molecule has 0 aliphatic heterocycles. The highest BCUT2D eigenvalue weighted by Gasteiger charge is 2.15. The van der Waals surface area contributed by atoms with Gasteiger partial charge in [-0.2, -0.15) is 5.10 Å². The number of aromatic nitrogens is 2. The molecule has 0 aliphatic carbocycles. The van der Waals surface area contributed by atoms with E-state index in [-0.39, 0.29) is 5.78 Å². The van der Waals surface area contributed by atoms with E-state index >= 15 is 0 Å². The Morgan fingerprint density at radius 3 is 2.72 bits per heavy atom. The van der Waals surface area contributed by atoms with E-state index in [0.29, 0.717) is 12.8 Å². The van der Waals surface area contributed by atoms with Gasteiger partial charge in [-0.1, -0.05) is 30.3 Å². The maximum atomic E-state index is 12.0. The van der Waals surface area contributed by atoms with Crippen LogP contribution in [0.2, 0.25) is 0 Å². The molecule has 1 aromatic heterocycles. The van der Waals surface area contributed by atoms with Gasteiger partial charge in [-0.05, 0) is 17.5 Å². The van der Waals surface area contributed by atoms with Crippen molar-refractivity contribution < 1.29 is 4.79 Å². The maximum Gasteiger partial charge on any atom is 0.154 e. The van der Waals surface area contributed by atoms with Crippen molar-refractivity contribution in [3.05, 3.63) is 53.9 Å². The molecule has 1 atom stereocenters. The van der Waals surface area contributed by atoms with Gasteiger partial charge in [-0.15, -0.1) is 0 Å². The Balaban J connectivity index is 1.92. The minimum absolute atomic E-state index is 0.0602. The van der Waals surface area contributed by atoms with Crippen LogP contribution in [0.3, 0.4) is 0 Å². The molecule has 1 aromatic carbocycles. The molecule has 1 heterocycles. The summed E-state index contributed by atoms with van der Waals surface area (Å²) < 4.78 is 1.73. The standard InChI is InChI=1S/C14H17N3O/c1-17-10-11(9-16-17)7-8-13(18)14(15)12-5-3-2-4-6-12/h2-6,9-10,14H,7-8,15H2,1H3/t14-/m1/s1. The first-order valence-electron chi connectivity index (χ1n) is 5.97. The van der Waals surface area contributed by atoms with Crippen LogP contribution < -0.4 is 5.73 Å². The average molecular weight is 243 g/mol. The molecule has 0 unspecified atom stereocenters. The van der Waals surface area contributed by atoms with Gasteiger partial charge in [-0.3, -0.25) is 9.48 Å². The van der Waals surface area contributed by atoms with Crippen LogP contribution in [0.5, 0.6) is 0 Å². The third-order valence-corrected chi connectivity index (χ3v) is 2.92. The number of hydrogen-bond donors (Lipinski definition) is 1. The van der Waals surface area contributed by atoms with Crippen molar-refractivity contribution in [2.45, 2.75) is 18.9 Å². The number of aryl methyl sites for hydroxylation is 2. The van der Waals surface area contributed by atoms with Crippen molar-refractivity contribution in [2.24, 2.45) is 12.8 Å². The molecular formula is C14H17N3O. The van der Waals surface area contributed by atoms with Crippen LogP contribution in [0.4, 0.5) is 0 Å². The number of benzene rings is 1. The van der Waals surface area contributed by atoms with Crippen molar-refractivity contribution in [1.29, 1.82) is 0 Å². The lowest BCUT2D eigenvalue weighted by molar-refractivity contribution is -0.120. The predicted molar refractivity (Wildman–Crippen MR) is 69.9 cm³/mol. The molecule has 94 valence electrons. The zero-order chi connectivity index (χ0) is 13.0. The number of nitrogens with two attached hydrogens (primary N) is 1. The molecular weight excluding hydrogens is 226 g/mol. The van der Waals surface area contributed by atoms with Gasteiger partial charge in [0.25, 0.3) is 0 Å². The van der Waals surface area contributed by atoms with E-state index in [9.17, 15) is 4.79 Å². The summed E-state index contributed by atoms with van der Waals surface area (Å²) >= 11 is 0. The second-order valence-electron chi connectivity index (χ2n) is 4.38. The quantitative estimate of drug-likeness (QED) is 0.868. The second kappa shape index (κ2) is 5.60. The van der Waals surface area contributed by atoms with Crippen molar-refractivity contribution in [3.63, 3.8) is 0 Å². The average Bonchev–Trinajstić information content (AvgIpc) is 2.82. The lowest BCUT2D eigenvalue weighted by Gasteiger charge is -2.10. The van der Waals surface area contributed by atoms with Gasteiger partial charge in [-0.25, -0.2) is 0 Å². The Bertz CT molecular complexity index is 519. The number of rotatable bonds is 5. The maximum absolute atomic E-state index is 12.0. The highest BCUT2D eigenvalue weighted by Crippen LogP contribution is 2.13. The van der Waals surface area contributed by atoms with Crippen LogP contribution in [0.15, 0.2) is 42.7 Å². The molecule has 0 saturated carbocycles. The predicted octanol–water partition coefficient (Wildman–Crippen LogP) is 1.62. The monoisotopic (exact) mass is 243 g/mol. The molecule has 2 rings (SSSR count). The van der Waals surface area contributed by atoms with Crippen LogP contribution in [0.25, 0.3) is 0 Å². The molecule has 0 amide bonds. The first-order chi connectivity index (χ1) is 8.66. The Labute approximate surface area is 106 Å². The SMILES string of the molecule is Cn1cc(CCC(=O)[C@H](N)c2ccccc2)cn1. The molecule has 4 nitrogen and oxygen atoms in total. The molecule has 2 N–H and O–H groups in total. The summed E-state index contributed by atoms with van der Waals surface area (Å²) in [4.78, 5) is 12.0. The number of carbonyl (C=O) groups is 1. The van der Waals surface area contributed by atoms with Gasteiger partial charge in [0.1, 0.15) is 0 Å². The van der Waals surface area contributed by atoms with E-state index in [1.165, 1.54) is 0 Å². The number of carbonyl (C=O) groups excluding carboxylic acids is 1. The van der Waals surface area contributed by atoms with E-state index in [1.807, 2.05) is 43.6 Å². The molecule has 0 radical (unpaired) electrons. The third-order valence-electron chi connectivity index (χ3n) is 2.92. The summed E-state index contributed by atoms with van der Waals surface area (Å²) in [6.45, 7) is 0. The van der Waals surface area contributed by atoms with Gasteiger partial charge in [0, 0.05) is 19.7 Å². The van der Waals surface area contributed by atoms with Gasteiger partial charge >= 0.3 is 0 Å². The zero-order valence-electron chi connectivity index (χ0n) is 10.4. The third kappa shape index (κ3) is 3.05. The Morgan fingerprint density at radius 1 is 1.39 bits per heavy atom. The van der Waals surface area contributed by atoms with Crippen molar-refractivity contribution in [2.75, 3.05) is 0 Å². The number of nitrogens with zero attached hydrogens (tertiary/aromatic N) is 2. The summed E-state index contributed by atoms with van der Waals surface area (Å²) in [5.41, 5.74) is 7.87. The van der Waals surface area contributed by atoms with Gasteiger partial charge < -0.3 is 5.73 Å². The molecule has 2 aromatic rings. The number of Topliss-reactive ketones (excluding diaryl/α,β-unsaturated/α-hetero) is 1. The van der Waals surface area contributed by atoms with Crippen LogP contribution in [0.1, 0.15) is 23.6 Å². The fourth-order valence-electron chi connectivity index (χ4n) is 1.87. The summed E-state index contributed by atoms with van der Waals surface area (Å²) in [5.74, 6) is 0.0602.